The molecule has 96 valence electrons. The van der Waals surface area contributed by atoms with E-state index in [0.717, 1.165) is 19.3 Å². The Labute approximate surface area is 107 Å². The van der Waals surface area contributed by atoms with Gasteiger partial charge < -0.3 is 10.0 Å². The zero-order valence-corrected chi connectivity index (χ0v) is 10.7. The fourth-order valence-electron chi connectivity index (χ4n) is 3.29. The van der Waals surface area contributed by atoms with Crippen LogP contribution >= 0.6 is 12.6 Å². The summed E-state index contributed by atoms with van der Waals surface area (Å²) in [5.41, 5.74) is 0. The van der Waals surface area contributed by atoms with Crippen molar-refractivity contribution in [3.05, 3.63) is 0 Å². The number of carboxylic acids is 1. The fourth-order valence-corrected chi connectivity index (χ4v) is 3.48. The molecule has 0 aromatic rings. The normalized spacial score (nSPS) is 32.3. The fraction of sp³-hybridized carbons (Fsp3) is 0.833. The molecule has 0 spiro atoms. The molecule has 1 N–H and O–H groups in total. The number of fused-ring (bicyclic) bond motifs is 1. The molecule has 1 aliphatic carbocycles. The topological polar surface area (TPSA) is 57.6 Å². The predicted molar refractivity (Wildman–Crippen MR) is 67.1 cm³/mol. The van der Waals surface area contributed by atoms with Gasteiger partial charge in [-0.15, -0.1) is 0 Å². The van der Waals surface area contributed by atoms with Crippen LogP contribution < -0.4 is 0 Å². The van der Waals surface area contributed by atoms with Gasteiger partial charge in [-0.2, -0.15) is 12.6 Å². The maximum absolute atomic E-state index is 11.9. The second-order valence-corrected chi connectivity index (χ2v) is 5.46. The Kier molecular flexibility index (Phi) is 3.97. The Morgan fingerprint density at radius 3 is 2.65 bits per heavy atom. The molecule has 1 amide bonds. The first-order valence-electron chi connectivity index (χ1n) is 6.28. The average Bonchev–Trinajstić information content (AvgIpc) is 2.68. The molecule has 2 fully saturated rings. The van der Waals surface area contributed by atoms with Crippen molar-refractivity contribution < 1.29 is 14.7 Å². The first-order valence-corrected chi connectivity index (χ1v) is 6.91. The molecule has 1 saturated heterocycles. The molecule has 2 aliphatic rings. The number of carbonyl (C=O) groups is 2. The minimum Gasteiger partial charge on any atom is -0.480 e. The van der Waals surface area contributed by atoms with E-state index in [1.54, 1.807) is 4.90 Å². The Morgan fingerprint density at radius 1 is 1.29 bits per heavy atom. The zero-order chi connectivity index (χ0) is 12.4. The van der Waals surface area contributed by atoms with E-state index >= 15 is 0 Å². The van der Waals surface area contributed by atoms with Crippen molar-refractivity contribution >= 4 is 24.5 Å². The number of likely N-dealkylation sites (tertiary alicyclic amines) is 1. The molecule has 0 bridgehead atoms. The van der Waals surface area contributed by atoms with Gasteiger partial charge in [-0.25, -0.2) is 4.79 Å². The Morgan fingerprint density at radius 2 is 2.00 bits per heavy atom. The highest BCUT2D eigenvalue weighted by Gasteiger charge is 2.47. The molecule has 0 aromatic heterocycles. The maximum Gasteiger partial charge on any atom is 0.326 e. The third-order valence-corrected chi connectivity index (χ3v) is 4.26. The van der Waals surface area contributed by atoms with E-state index in [0.29, 0.717) is 24.6 Å². The summed E-state index contributed by atoms with van der Waals surface area (Å²) >= 11 is 4.04. The van der Waals surface area contributed by atoms with Crippen LogP contribution in [0.15, 0.2) is 0 Å². The summed E-state index contributed by atoms with van der Waals surface area (Å²) in [6.45, 7) is 0.633. The molecule has 5 heteroatoms. The second-order valence-electron chi connectivity index (χ2n) is 5.01. The molecular weight excluding hydrogens is 238 g/mol. The lowest BCUT2D eigenvalue weighted by Crippen LogP contribution is -2.43. The number of rotatable bonds is 3. The average molecular weight is 257 g/mol. The number of hydrogen-bond donors (Lipinski definition) is 2. The van der Waals surface area contributed by atoms with Crippen LogP contribution in [0.5, 0.6) is 0 Å². The van der Waals surface area contributed by atoms with Gasteiger partial charge in [-0.05, 0) is 30.4 Å². The number of carbonyl (C=O) groups excluding carboxylic acids is 1. The van der Waals surface area contributed by atoms with Crippen molar-refractivity contribution in [1.29, 1.82) is 0 Å². The number of amides is 1. The minimum atomic E-state index is -0.841. The Bertz CT molecular complexity index is 321. The molecule has 0 aromatic carbocycles. The van der Waals surface area contributed by atoms with Gasteiger partial charge in [-0.1, -0.05) is 12.8 Å². The number of thiol groups is 1. The van der Waals surface area contributed by atoms with Crippen molar-refractivity contribution in [2.45, 2.75) is 38.1 Å². The SMILES string of the molecule is O=C(O)C1C2CCCCC2CN1C(=O)CCS. The summed E-state index contributed by atoms with van der Waals surface area (Å²) in [5.74, 6) is 0.157. The summed E-state index contributed by atoms with van der Waals surface area (Å²) in [5, 5.41) is 9.33. The molecule has 2 rings (SSSR count). The molecule has 1 saturated carbocycles. The van der Waals surface area contributed by atoms with Crippen LogP contribution in [0.4, 0.5) is 0 Å². The molecule has 4 nitrogen and oxygen atoms in total. The predicted octanol–water partition coefficient (Wildman–Crippen LogP) is 1.41. The van der Waals surface area contributed by atoms with E-state index in [-0.39, 0.29) is 11.8 Å². The quantitative estimate of drug-likeness (QED) is 0.752. The summed E-state index contributed by atoms with van der Waals surface area (Å²) in [6, 6.07) is -0.590. The van der Waals surface area contributed by atoms with Crippen LogP contribution in [0.3, 0.4) is 0 Å². The van der Waals surface area contributed by atoms with Gasteiger partial charge in [0.15, 0.2) is 0 Å². The van der Waals surface area contributed by atoms with Gasteiger partial charge in [0.1, 0.15) is 6.04 Å². The van der Waals surface area contributed by atoms with Gasteiger partial charge in [0.2, 0.25) is 5.91 Å². The first-order chi connectivity index (χ1) is 8.15. The molecule has 1 heterocycles. The second kappa shape index (κ2) is 5.29. The molecule has 17 heavy (non-hydrogen) atoms. The lowest BCUT2D eigenvalue weighted by Gasteiger charge is -2.27. The van der Waals surface area contributed by atoms with Crippen molar-refractivity contribution in [1.82, 2.24) is 4.90 Å². The van der Waals surface area contributed by atoms with Crippen molar-refractivity contribution in [2.75, 3.05) is 12.3 Å². The highest BCUT2D eigenvalue weighted by atomic mass is 32.1. The summed E-state index contributed by atoms with van der Waals surface area (Å²) in [7, 11) is 0. The molecule has 3 unspecified atom stereocenters. The van der Waals surface area contributed by atoms with Gasteiger partial charge in [0.05, 0.1) is 0 Å². The molecular formula is C12H19NO3S. The molecule has 0 radical (unpaired) electrons. The van der Waals surface area contributed by atoms with Gasteiger partial charge in [-0.3, -0.25) is 4.79 Å². The van der Waals surface area contributed by atoms with E-state index in [2.05, 4.69) is 12.6 Å². The van der Waals surface area contributed by atoms with Crippen molar-refractivity contribution in [3.63, 3.8) is 0 Å². The standard InChI is InChI=1S/C12H19NO3S/c14-10(5-6-17)13-7-8-3-1-2-4-9(8)11(13)12(15)16/h8-9,11,17H,1-7H2,(H,15,16). The largest absolute Gasteiger partial charge is 0.480 e. The molecule has 3 atom stereocenters. The third-order valence-electron chi connectivity index (χ3n) is 4.04. The first kappa shape index (κ1) is 12.7. The lowest BCUT2D eigenvalue weighted by molar-refractivity contribution is -0.149. The third kappa shape index (κ3) is 2.44. The number of hydrogen-bond acceptors (Lipinski definition) is 3. The van der Waals surface area contributed by atoms with E-state index in [1.165, 1.54) is 6.42 Å². The van der Waals surface area contributed by atoms with E-state index in [1.807, 2.05) is 0 Å². The van der Waals surface area contributed by atoms with Crippen LogP contribution in [-0.4, -0.2) is 40.2 Å². The minimum absolute atomic E-state index is 0.0539. The van der Waals surface area contributed by atoms with Crippen LogP contribution in [0.25, 0.3) is 0 Å². The smallest absolute Gasteiger partial charge is 0.326 e. The highest BCUT2D eigenvalue weighted by Crippen LogP contribution is 2.40. The number of aliphatic carboxylic acids is 1. The van der Waals surface area contributed by atoms with E-state index < -0.39 is 12.0 Å². The van der Waals surface area contributed by atoms with E-state index in [4.69, 9.17) is 0 Å². The highest BCUT2D eigenvalue weighted by molar-refractivity contribution is 7.80. The summed E-state index contributed by atoms with van der Waals surface area (Å²) < 4.78 is 0. The zero-order valence-electron chi connectivity index (χ0n) is 9.84. The van der Waals surface area contributed by atoms with Crippen molar-refractivity contribution in [3.8, 4) is 0 Å². The van der Waals surface area contributed by atoms with Gasteiger partial charge in [0.25, 0.3) is 0 Å². The van der Waals surface area contributed by atoms with Gasteiger partial charge in [0, 0.05) is 13.0 Å². The summed E-state index contributed by atoms with van der Waals surface area (Å²) in [4.78, 5) is 24.9. The molecule has 1 aliphatic heterocycles. The van der Waals surface area contributed by atoms with Crippen LogP contribution in [-0.2, 0) is 9.59 Å². The van der Waals surface area contributed by atoms with Crippen LogP contribution in [0.2, 0.25) is 0 Å². The Hall–Kier alpha value is -0.710. The Balaban J connectivity index is 2.15. The summed E-state index contributed by atoms with van der Waals surface area (Å²) in [6.07, 6.45) is 4.62. The van der Waals surface area contributed by atoms with Crippen LogP contribution in [0, 0.1) is 11.8 Å². The number of carboxylic acid groups (broad SMARTS) is 1. The van der Waals surface area contributed by atoms with Crippen molar-refractivity contribution in [2.24, 2.45) is 11.8 Å². The monoisotopic (exact) mass is 257 g/mol. The lowest BCUT2D eigenvalue weighted by atomic mass is 9.78. The maximum atomic E-state index is 11.9. The van der Waals surface area contributed by atoms with E-state index in [9.17, 15) is 14.7 Å². The number of nitrogens with zero attached hydrogens (tertiary/aromatic N) is 1. The van der Waals surface area contributed by atoms with Crippen LogP contribution in [0.1, 0.15) is 32.1 Å². The van der Waals surface area contributed by atoms with Gasteiger partial charge >= 0.3 is 5.97 Å².